The van der Waals surface area contributed by atoms with Crippen LogP contribution in [0.5, 0.6) is 0 Å². The molecule has 1 aliphatic heterocycles. The van der Waals surface area contributed by atoms with E-state index in [9.17, 15) is 14.9 Å². The molecule has 0 aromatic heterocycles. The van der Waals surface area contributed by atoms with Gasteiger partial charge in [-0.3, -0.25) is 14.9 Å². The van der Waals surface area contributed by atoms with Gasteiger partial charge in [-0.25, -0.2) is 0 Å². The highest BCUT2D eigenvalue weighted by atomic mass is 35.5. The molecule has 142 valence electrons. The minimum Gasteiger partial charge on any atom is -0.360 e. The van der Waals surface area contributed by atoms with Crippen molar-refractivity contribution in [1.82, 2.24) is 0 Å². The molecule has 2 aromatic rings. The number of nitro groups is 1. The summed E-state index contributed by atoms with van der Waals surface area (Å²) in [6.07, 6.45) is 0. The van der Waals surface area contributed by atoms with E-state index < -0.39 is 4.92 Å². The molecular formula is C19H22ClN4O3+. The first-order valence-electron chi connectivity index (χ1n) is 8.81. The van der Waals surface area contributed by atoms with Gasteiger partial charge in [0.05, 0.1) is 31.1 Å². The molecule has 3 rings (SSSR count). The molecule has 0 atom stereocenters. The van der Waals surface area contributed by atoms with E-state index in [2.05, 4.69) is 10.2 Å². The summed E-state index contributed by atoms with van der Waals surface area (Å²) < 4.78 is 0. The van der Waals surface area contributed by atoms with Crippen molar-refractivity contribution in [3.8, 4) is 0 Å². The zero-order valence-corrected chi connectivity index (χ0v) is 15.8. The number of nitrogens with one attached hydrogen (secondary N) is 2. The number of rotatable bonds is 5. The van der Waals surface area contributed by atoms with E-state index in [1.165, 1.54) is 17.0 Å². The van der Waals surface area contributed by atoms with E-state index >= 15 is 0 Å². The van der Waals surface area contributed by atoms with Gasteiger partial charge in [0.25, 0.3) is 11.6 Å². The second kappa shape index (κ2) is 8.37. The summed E-state index contributed by atoms with van der Waals surface area (Å²) in [5, 5.41) is 14.4. The molecule has 1 fully saturated rings. The summed E-state index contributed by atoms with van der Waals surface area (Å²) in [5.41, 5.74) is 2.42. The van der Waals surface area contributed by atoms with Crippen LogP contribution in [-0.2, 0) is 4.79 Å². The highest BCUT2D eigenvalue weighted by molar-refractivity contribution is 6.30. The van der Waals surface area contributed by atoms with Gasteiger partial charge in [0.15, 0.2) is 6.54 Å². The van der Waals surface area contributed by atoms with Gasteiger partial charge in [-0.15, -0.1) is 0 Å². The summed E-state index contributed by atoms with van der Waals surface area (Å²) in [5.74, 6) is -0.0850. The third kappa shape index (κ3) is 4.96. The Kier molecular flexibility index (Phi) is 5.93. The molecule has 0 spiro atoms. The zero-order valence-electron chi connectivity index (χ0n) is 15.1. The van der Waals surface area contributed by atoms with Crippen molar-refractivity contribution >= 4 is 34.6 Å². The number of carbonyl (C=O) groups is 1. The molecule has 0 unspecified atom stereocenters. The summed E-state index contributed by atoms with van der Waals surface area (Å²) in [7, 11) is 0. The fraction of sp³-hybridized carbons (Fsp3) is 0.316. The Morgan fingerprint density at radius 3 is 2.63 bits per heavy atom. The van der Waals surface area contributed by atoms with Crippen LogP contribution in [0.1, 0.15) is 5.56 Å². The zero-order chi connectivity index (χ0) is 19.4. The molecule has 1 amide bonds. The lowest BCUT2D eigenvalue weighted by molar-refractivity contribution is -0.892. The molecule has 0 bridgehead atoms. The van der Waals surface area contributed by atoms with Crippen molar-refractivity contribution in [2.45, 2.75) is 6.92 Å². The maximum atomic E-state index is 12.4. The van der Waals surface area contributed by atoms with E-state index in [-0.39, 0.29) is 11.6 Å². The molecule has 0 saturated carbocycles. The van der Waals surface area contributed by atoms with Crippen LogP contribution in [0.2, 0.25) is 5.02 Å². The maximum Gasteiger partial charge on any atom is 0.279 e. The smallest absolute Gasteiger partial charge is 0.279 e. The monoisotopic (exact) mass is 389 g/mol. The van der Waals surface area contributed by atoms with Crippen molar-refractivity contribution in [3.05, 3.63) is 63.2 Å². The van der Waals surface area contributed by atoms with Crippen molar-refractivity contribution in [2.24, 2.45) is 0 Å². The quantitative estimate of drug-likeness (QED) is 0.604. The molecule has 2 aromatic carbocycles. The predicted octanol–water partition coefficient (Wildman–Crippen LogP) is 1.90. The van der Waals surface area contributed by atoms with E-state index in [1.807, 2.05) is 24.3 Å². The number of amides is 1. The van der Waals surface area contributed by atoms with Crippen LogP contribution in [-0.4, -0.2) is 43.6 Å². The summed E-state index contributed by atoms with van der Waals surface area (Å²) in [6.45, 7) is 5.57. The predicted molar refractivity (Wildman–Crippen MR) is 106 cm³/mol. The first-order valence-corrected chi connectivity index (χ1v) is 9.19. The van der Waals surface area contributed by atoms with Crippen molar-refractivity contribution in [1.29, 1.82) is 0 Å². The Bertz CT molecular complexity index is 851. The maximum absolute atomic E-state index is 12.4. The lowest BCUT2D eigenvalue weighted by Gasteiger charge is -2.33. The van der Waals surface area contributed by atoms with Crippen LogP contribution in [0.25, 0.3) is 0 Å². The molecule has 27 heavy (non-hydrogen) atoms. The van der Waals surface area contributed by atoms with Crippen LogP contribution in [0.15, 0.2) is 42.5 Å². The normalized spacial score (nSPS) is 14.8. The van der Waals surface area contributed by atoms with E-state index in [0.29, 0.717) is 17.8 Å². The Morgan fingerprint density at radius 2 is 2.00 bits per heavy atom. The first kappa shape index (κ1) is 19.1. The summed E-state index contributed by atoms with van der Waals surface area (Å²) in [4.78, 5) is 26.2. The first-order chi connectivity index (χ1) is 12.9. The molecular weight excluding hydrogens is 368 g/mol. The van der Waals surface area contributed by atoms with Crippen LogP contribution in [0.3, 0.4) is 0 Å². The van der Waals surface area contributed by atoms with Gasteiger partial charge >= 0.3 is 0 Å². The number of non-ortho nitro benzene ring substituents is 1. The summed E-state index contributed by atoms with van der Waals surface area (Å²) >= 11 is 6.06. The lowest BCUT2D eigenvalue weighted by atomic mass is 10.2. The fourth-order valence-electron chi connectivity index (χ4n) is 3.25. The van der Waals surface area contributed by atoms with Crippen LogP contribution in [0, 0.1) is 17.0 Å². The summed E-state index contributed by atoms with van der Waals surface area (Å²) in [6, 6.07) is 12.2. The molecule has 7 nitrogen and oxygen atoms in total. The van der Waals surface area contributed by atoms with E-state index in [0.717, 1.165) is 36.9 Å². The molecule has 8 heteroatoms. The van der Waals surface area contributed by atoms with Crippen molar-refractivity contribution in [3.63, 3.8) is 0 Å². The second-order valence-corrected chi connectivity index (χ2v) is 7.13. The van der Waals surface area contributed by atoms with Gasteiger partial charge in [-0.1, -0.05) is 17.7 Å². The van der Waals surface area contributed by atoms with E-state index in [4.69, 9.17) is 11.6 Å². The van der Waals surface area contributed by atoms with Gasteiger partial charge in [-0.05, 0) is 36.8 Å². The van der Waals surface area contributed by atoms with Gasteiger partial charge in [-0.2, -0.15) is 0 Å². The van der Waals surface area contributed by atoms with Gasteiger partial charge in [0, 0.05) is 28.5 Å². The highest BCUT2D eigenvalue weighted by Crippen LogP contribution is 2.21. The second-order valence-electron chi connectivity index (χ2n) is 6.70. The Hall–Kier alpha value is -2.64. The number of piperazine rings is 1. The molecule has 1 heterocycles. The largest absolute Gasteiger partial charge is 0.360 e. The average molecular weight is 390 g/mol. The van der Waals surface area contributed by atoms with Crippen LogP contribution < -0.4 is 15.1 Å². The Labute approximate surface area is 162 Å². The third-order valence-corrected chi connectivity index (χ3v) is 4.98. The standard InChI is InChI=1S/C19H21ClN4O3/c1-14-11-17(24(26)27)5-6-18(14)21-19(25)13-22-7-9-23(10-8-22)16-4-2-3-15(20)12-16/h2-6,11-12H,7-10,13H2,1H3,(H,21,25)/p+1. The number of quaternary nitrogens is 1. The van der Waals surface area contributed by atoms with Crippen molar-refractivity contribution < 1.29 is 14.6 Å². The molecule has 0 aliphatic carbocycles. The van der Waals surface area contributed by atoms with Gasteiger partial charge in [0.2, 0.25) is 0 Å². The Balaban J connectivity index is 1.52. The average Bonchev–Trinajstić information content (AvgIpc) is 2.64. The number of nitro benzene ring substituents is 1. The lowest BCUT2D eigenvalue weighted by Crippen LogP contribution is -3.15. The van der Waals surface area contributed by atoms with Crippen molar-refractivity contribution in [2.75, 3.05) is 42.9 Å². The highest BCUT2D eigenvalue weighted by Gasteiger charge is 2.23. The number of carbonyl (C=O) groups excluding carboxylic acids is 1. The minimum absolute atomic E-state index is 0.0215. The van der Waals surface area contributed by atoms with Gasteiger partial charge in [0.1, 0.15) is 0 Å². The minimum atomic E-state index is -0.442. The molecule has 0 radical (unpaired) electrons. The SMILES string of the molecule is Cc1cc([N+](=O)[O-])ccc1NC(=O)C[NH+]1CCN(c2cccc(Cl)c2)CC1. The number of benzene rings is 2. The van der Waals surface area contributed by atoms with Crippen LogP contribution in [0.4, 0.5) is 17.1 Å². The third-order valence-electron chi connectivity index (χ3n) is 4.75. The molecule has 1 aliphatic rings. The van der Waals surface area contributed by atoms with Gasteiger partial charge < -0.3 is 15.1 Å². The number of halogens is 1. The van der Waals surface area contributed by atoms with E-state index in [1.54, 1.807) is 13.0 Å². The molecule has 1 saturated heterocycles. The number of aryl methyl sites for hydroxylation is 1. The Morgan fingerprint density at radius 1 is 1.26 bits per heavy atom. The molecule has 2 N–H and O–H groups in total. The fourth-order valence-corrected chi connectivity index (χ4v) is 3.44. The number of nitrogens with zero attached hydrogens (tertiary/aromatic N) is 2. The van der Waals surface area contributed by atoms with Crippen LogP contribution >= 0.6 is 11.6 Å². The number of hydrogen-bond acceptors (Lipinski definition) is 4. The topological polar surface area (TPSA) is 79.9 Å². The number of hydrogen-bond donors (Lipinski definition) is 2. The number of anilines is 2.